The molecule has 8 heteroatoms. The summed E-state index contributed by atoms with van der Waals surface area (Å²) in [7, 11) is 1.75. The number of hydrogen-bond donors (Lipinski definition) is 3. The summed E-state index contributed by atoms with van der Waals surface area (Å²) in [5.74, 6) is -1.93. The van der Waals surface area contributed by atoms with E-state index >= 15 is 0 Å². The standard InChI is InChI=1S/C23H40N4O4/c1-9-12(2)10-14(17(28)19(24)29)26-20(30)16-15-13(23(15,6)7)11-27(16)21(31)18(25-8)22(3,4)5/h12-16,18,25H,9-11H2,1-8H3,(H2,24,29)(H,26,30)/t12?,13-,14?,15-,16-,18+/m0/s1. The van der Waals surface area contributed by atoms with E-state index in [0.717, 1.165) is 6.42 Å². The zero-order chi connectivity index (χ0) is 23.9. The Balaban J connectivity index is 2.29. The van der Waals surface area contributed by atoms with Crippen LogP contribution in [0.4, 0.5) is 0 Å². The van der Waals surface area contributed by atoms with E-state index in [1.165, 1.54) is 0 Å². The molecule has 1 aliphatic carbocycles. The van der Waals surface area contributed by atoms with Crippen LogP contribution in [0.25, 0.3) is 0 Å². The van der Waals surface area contributed by atoms with Gasteiger partial charge in [-0.2, -0.15) is 0 Å². The molecule has 0 spiro atoms. The highest BCUT2D eigenvalue weighted by Gasteiger charge is 2.69. The molecule has 0 aromatic rings. The molecule has 2 fully saturated rings. The van der Waals surface area contributed by atoms with Gasteiger partial charge in [-0.25, -0.2) is 0 Å². The summed E-state index contributed by atoms with van der Waals surface area (Å²) < 4.78 is 0. The highest BCUT2D eigenvalue weighted by Crippen LogP contribution is 2.65. The summed E-state index contributed by atoms with van der Waals surface area (Å²) in [4.78, 5) is 52.4. The minimum absolute atomic E-state index is 0.0295. The van der Waals surface area contributed by atoms with E-state index in [4.69, 9.17) is 5.73 Å². The average Bonchev–Trinajstić information content (AvgIpc) is 3.02. The number of piperidine rings is 1. The van der Waals surface area contributed by atoms with Crippen molar-refractivity contribution in [3.05, 3.63) is 0 Å². The summed E-state index contributed by atoms with van der Waals surface area (Å²) in [6, 6.07) is -2.07. The molecule has 2 aliphatic rings. The van der Waals surface area contributed by atoms with Crippen molar-refractivity contribution in [3.8, 4) is 0 Å². The number of Topliss-reactive ketones (excluding diaryl/α,β-unsaturated/α-hetero) is 1. The Kier molecular flexibility index (Phi) is 7.25. The van der Waals surface area contributed by atoms with E-state index in [9.17, 15) is 19.2 Å². The lowest BCUT2D eigenvalue weighted by Gasteiger charge is -2.37. The van der Waals surface area contributed by atoms with E-state index in [0.29, 0.717) is 13.0 Å². The van der Waals surface area contributed by atoms with E-state index < -0.39 is 29.8 Å². The van der Waals surface area contributed by atoms with Gasteiger partial charge in [0.1, 0.15) is 6.04 Å². The Morgan fingerprint density at radius 1 is 1.19 bits per heavy atom. The fraction of sp³-hybridized carbons (Fsp3) is 0.826. The van der Waals surface area contributed by atoms with Gasteiger partial charge in [-0.15, -0.1) is 0 Å². The van der Waals surface area contributed by atoms with Gasteiger partial charge in [-0.3, -0.25) is 19.2 Å². The van der Waals surface area contributed by atoms with Gasteiger partial charge in [0.2, 0.25) is 17.6 Å². The van der Waals surface area contributed by atoms with Gasteiger partial charge < -0.3 is 21.3 Å². The van der Waals surface area contributed by atoms with Crippen molar-refractivity contribution in [3.63, 3.8) is 0 Å². The first-order valence-corrected chi connectivity index (χ1v) is 11.3. The van der Waals surface area contributed by atoms with Crippen molar-refractivity contribution < 1.29 is 19.2 Å². The molecule has 176 valence electrons. The number of nitrogens with zero attached hydrogens (tertiary/aromatic N) is 1. The van der Waals surface area contributed by atoms with Crippen LogP contribution in [0, 0.1) is 28.6 Å². The van der Waals surface area contributed by atoms with Crippen LogP contribution in [0.3, 0.4) is 0 Å². The molecule has 3 amide bonds. The minimum atomic E-state index is -1.06. The third-order valence-electron chi connectivity index (χ3n) is 7.37. The van der Waals surface area contributed by atoms with E-state index in [1.807, 2.05) is 34.6 Å². The highest BCUT2D eigenvalue weighted by molar-refractivity contribution is 6.37. The van der Waals surface area contributed by atoms with Crippen LogP contribution in [0.15, 0.2) is 0 Å². The second-order valence-electron chi connectivity index (χ2n) is 11.0. The zero-order valence-corrected chi connectivity index (χ0v) is 20.2. The van der Waals surface area contributed by atoms with Crippen LogP contribution in [0.2, 0.25) is 0 Å². The predicted octanol–water partition coefficient (Wildman–Crippen LogP) is 1.08. The number of nitrogens with one attached hydrogen (secondary N) is 2. The van der Waals surface area contributed by atoms with E-state index in [-0.39, 0.29) is 40.4 Å². The lowest BCUT2D eigenvalue weighted by Crippen LogP contribution is -2.59. The summed E-state index contributed by atoms with van der Waals surface area (Å²) in [5, 5.41) is 5.88. The normalized spacial score (nSPS) is 27.1. The number of ketones is 1. The van der Waals surface area contributed by atoms with E-state index in [1.54, 1.807) is 11.9 Å². The first-order valence-electron chi connectivity index (χ1n) is 11.3. The Bertz CT molecular complexity index is 742. The lowest BCUT2D eigenvalue weighted by atomic mass is 9.85. The molecule has 1 saturated carbocycles. The Morgan fingerprint density at radius 2 is 1.77 bits per heavy atom. The molecular formula is C23H40N4O4. The smallest absolute Gasteiger partial charge is 0.287 e. The number of carbonyl (C=O) groups is 4. The maximum absolute atomic E-state index is 13.4. The molecule has 1 heterocycles. The fourth-order valence-electron chi connectivity index (χ4n) is 5.14. The van der Waals surface area contributed by atoms with Gasteiger partial charge in [0.15, 0.2) is 0 Å². The van der Waals surface area contributed by atoms with Crippen molar-refractivity contribution in [2.75, 3.05) is 13.6 Å². The monoisotopic (exact) mass is 436 g/mol. The van der Waals surface area contributed by atoms with Gasteiger partial charge in [-0.05, 0) is 42.1 Å². The van der Waals surface area contributed by atoms with Crippen LogP contribution in [-0.2, 0) is 19.2 Å². The number of primary amides is 1. The minimum Gasteiger partial charge on any atom is -0.363 e. The molecule has 4 N–H and O–H groups in total. The van der Waals surface area contributed by atoms with Crippen LogP contribution in [0.5, 0.6) is 0 Å². The van der Waals surface area contributed by atoms with E-state index in [2.05, 4.69) is 24.5 Å². The number of carbonyl (C=O) groups excluding carboxylic acids is 4. The lowest BCUT2D eigenvalue weighted by molar-refractivity contribution is -0.145. The average molecular weight is 437 g/mol. The topological polar surface area (TPSA) is 122 Å². The number of likely N-dealkylation sites (N-methyl/N-ethyl adjacent to an activating group) is 1. The third-order valence-corrected chi connectivity index (χ3v) is 7.37. The Hall–Kier alpha value is -1.96. The maximum Gasteiger partial charge on any atom is 0.287 e. The summed E-state index contributed by atoms with van der Waals surface area (Å²) >= 11 is 0. The van der Waals surface area contributed by atoms with Gasteiger partial charge in [0.25, 0.3) is 5.91 Å². The number of nitrogens with two attached hydrogens (primary N) is 1. The molecule has 0 radical (unpaired) electrons. The van der Waals surface area contributed by atoms with Crippen molar-refractivity contribution in [2.24, 2.45) is 34.3 Å². The molecule has 31 heavy (non-hydrogen) atoms. The zero-order valence-electron chi connectivity index (χ0n) is 20.2. The molecule has 0 aromatic carbocycles. The predicted molar refractivity (Wildman–Crippen MR) is 119 cm³/mol. The summed E-state index contributed by atoms with van der Waals surface area (Å²) in [5.41, 5.74) is 4.86. The van der Waals surface area contributed by atoms with Crippen LogP contribution < -0.4 is 16.4 Å². The third kappa shape index (κ3) is 4.94. The molecule has 2 unspecified atom stereocenters. The fourth-order valence-corrected chi connectivity index (χ4v) is 5.14. The molecule has 0 bridgehead atoms. The van der Waals surface area contributed by atoms with Crippen molar-refractivity contribution in [1.29, 1.82) is 0 Å². The molecule has 8 nitrogen and oxygen atoms in total. The van der Waals surface area contributed by atoms with Gasteiger partial charge in [0, 0.05) is 6.54 Å². The molecule has 1 saturated heterocycles. The summed E-state index contributed by atoms with van der Waals surface area (Å²) in [6.45, 7) is 14.6. The molecule has 2 rings (SSSR count). The van der Waals surface area contributed by atoms with Crippen LogP contribution in [-0.4, -0.2) is 60.1 Å². The second kappa shape index (κ2) is 8.88. The number of amides is 3. The Labute approximate surface area is 186 Å². The SMILES string of the molecule is CCC(C)CC(NC(=O)[C@@H]1[C@@H]2[C@H](CN1C(=O)[C@@H](NC)C(C)(C)C)C2(C)C)C(=O)C(N)=O. The molecule has 6 atom stereocenters. The first-order chi connectivity index (χ1) is 14.2. The first kappa shape index (κ1) is 25.3. The quantitative estimate of drug-likeness (QED) is 0.467. The number of fused-ring (bicyclic) bond motifs is 1. The largest absolute Gasteiger partial charge is 0.363 e. The number of likely N-dealkylation sites (tertiary alicyclic amines) is 1. The molecular weight excluding hydrogens is 396 g/mol. The van der Waals surface area contributed by atoms with Gasteiger partial charge in [0.05, 0.1) is 12.1 Å². The number of hydrogen-bond acceptors (Lipinski definition) is 5. The number of rotatable bonds is 9. The van der Waals surface area contributed by atoms with Crippen LogP contribution in [0.1, 0.15) is 61.3 Å². The van der Waals surface area contributed by atoms with Gasteiger partial charge >= 0.3 is 0 Å². The Morgan fingerprint density at radius 3 is 2.23 bits per heavy atom. The second-order valence-corrected chi connectivity index (χ2v) is 11.0. The van der Waals surface area contributed by atoms with Crippen molar-refractivity contribution in [2.45, 2.75) is 79.4 Å². The maximum atomic E-state index is 13.4. The van der Waals surface area contributed by atoms with Gasteiger partial charge in [-0.1, -0.05) is 54.9 Å². The van der Waals surface area contributed by atoms with Crippen molar-refractivity contribution >= 4 is 23.5 Å². The van der Waals surface area contributed by atoms with Crippen LogP contribution >= 0.6 is 0 Å². The molecule has 1 aliphatic heterocycles. The molecule has 0 aromatic heterocycles. The highest BCUT2D eigenvalue weighted by atomic mass is 16.2. The van der Waals surface area contributed by atoms with Crippen molar-refractivity contribution in [1.82, 2.24) is 15.5 Å². The summed E-state index contributed by atoms with van der Waals surface area (Å²) in [6.07, 6.45) is 1.14.